The lowest BCUT2D eigenvalue weighted by atomic mass is 9.95. The van der Waals surface area contributed by atoms with Crippen molar-refractivity contribution < 1.29 is 39.5 Å². The Hall–Kier alpha value is -1.79. The van der Waals surface area contributed by atoms with Crippen LogP contribution >= 0.6 is 0 Å². The van der Waals surface area contributed by atoms with Crippen LogP contribution in [-0.4, -0.2) is 81.4 Å². The number of aliphatic carboxylic acids is 1. The van der Waals surface area contributed by atoms with Crippen LogP contribution in [0.15, 0.2) is 0 Å². The van der Waals surface area contributed by atoms with Crippen molar-refractivity contribution in [2.45, 2.75) is 50.0 Å². The molecule has 1 aliphatic heterocycles. The first-order valence-electron chi connectivity index (χ1n) is 6.84. The average Bonchev–Trinajstić information content (AvgIpc) is 2.46. The number of aliphatic hydroxyl groups is 3. The predicted molar refractivity (Wildman–Crippen MR) is 73.7 cm³/mol. The molecular formula is C12H21N3O8. The predicted octanol–water partition coefficient (Wildman–Crippen LogP) is -4.15. The molecule has 0 unspecified atom stereocenters. The van der Waals surface area contributed by atoms with E-state index in [0.717, 1.165) is 6.92 Å². The van der Waals surface area contributed by atoms with Gasteiger partial charge in [-0.05, 0) is 0 Å². The molecule has 11 nitrogen and oxygen atoms in total. The van der Waals surface area contributed by atoms with E-state index in [0.29, 0.717) is 0 Å². The molecule has 1 fully saturated rings. The Labute approximate surface area is 131 Å². The van der Waals surface area contributed by atoms with E-state index in [1.54, 1.807) is 0 Å². The number of hydrogen-bond acceptors (Lipinski definition) is 8. The second kappa shape index (κ2) is 8.17. The number of rotatable bonds is 6. The van der Waals surface area contributed by atoms with Gasteiger partial charge in [0.2, 0.25) is 11.8 Å². The van der Waals surface area contributed by atoms with Crippen LogP contribution in [-0.2, 0) is 19.1 Å². The second-order valence-electron chi connectivity index (χ2n) is 5.20. The molecule has 0 aromatic heterocycles. The average molecular weight is 335 g/mol. The molecule has 1 heterocycles. The fourth-order valence-corrected chi connectivity index (χ4v) is 2.14. The van der Waals surface area contributed by atoms with Crippen LogP contribution in [0.2, 0.25) is 0 Å². The zero-order chi connectivity index (χ0) is 17.7. The maximum Gasteiger partial charge on any atom is 0.321 e. The van der Waals surface area contributed by atoms with E-state index in [9.17, 15) is 24.6 Å². The number of carboxylic acids is 1. The zero-order valence-corrected chi connectivity index (χ0v) is 12.4. The van der Waals surface area contributed by atoms with Crippen molar-refractivity contribution in [2.75, 3.05) is 6.61 Å². The monoisotopic (exact) mass is 335 g/mol. The molecule has 2 amide bonds. The van der Waals surface area contributed by atoms with Gasteiger partial charge in [-0.15, -0.1) is 0 Å². The SMILES string of the molecule is CC(=O)N[C@@H]1[C@@H](O)[C@@H](O)[C@H](CO)O[C@@H]1NC(=O)C[C@H](N)C(=O)O. The molecular weight excluding hydrogens is 314 g/mol. The van der Waals surface area contributed by atoms with Crippen LogP contribution in [0.1, 0.15) is 13.3 Å². The highest BCUT2D eigenvalue weighted by Crippen LogP contribution is 2.20. The number of carbonyl (C=O) groups is 3. The Kier molecular flexibility index (Phi) is 6.84. The summed E-state index contributed by atoms with van der Waals surface area (Å²) in [7, 11) is 0. The number of amides is 2. The van der Waals surface area contributed by atoms with Gasteiger partial charge in [0.15, 0.2) is 6.23 Å². The van der Waals surface area contributed by atoms with Gasteiger partial charge < -0.3 is 41.5 Å². The van der Waals surface area contributed by atoms with Crippen molar-refractivity contribution in [1.82, 2.24) is 10.6 Å². The number of aliphatic hydroxyl groups excluding tert-OH is 3. The molecule has 8 N–H and O–H groups in total. The molecule has 0 radical (unpaired) electrons. The Balaban J connectivity index is 2.82. The lowest BCUT2D eigenvalue weighted by Gasteiger charge is -2.42. The maximum atomic E-state index is 11.8. The highest BCUT2D eigenvalue weighted by Gasteiger charge is 2.45. The molecule has 1 saturated heterocycles. The van der Waals surface area contributed by atoms with Crippen molar-refractivity contribution in [1.29, 1.82) is 0 Å². The third-order valence-corrected chi connectivity index (χ3v) is 3.32. The number of carbonyl (C=O) groups excluding carboxylic acids is 2. The molecule has 0 bridgehead atoms. The van der Waals surface area contributed by atoms with Crippen molar-refractivity contribution >= 4 is 17.8 Å². The van der Waals surface area contributed by atoms with Crippen LogP contribution < -0.4 is 16.4 Å². The molecule has 132 valence electrons. The third kappa shape index (κ3) is 5.11. The van der Waals surface area contributed by atoms with Gasteiger partial charge in [-0.3, -0.25) is 14.4 Å². The van der Waals surface area contributed by atoms with Gasteiger partial charge in [-0.1, -0.05) is 0 Å². The summed E-state index contributed by atoms with van der Waals surface area (Å²) in [5.74, 6) is -2.71. The molecule has 6 atom stereocenters. The van der Waals surface area contributed by atoms with E-state index in [1.807, 2.05) is 0 Å². The minimum atomic E-state index is -1.51. The van der Waals surface area contributed by atoms with Gasteiger partial charge >= 0.3 is 5.97 Å². The fourth-order valence-electron chi connectivity index (χ4n) is 2.14. The quantitative estimate of drug-likeness (QED) is 0.252. The molecule has 0 aromatic rings. The van der Waals surface area contributed by atoms with Gasteiger partial charge in [0.05, 0.1) is 13.0 Å². The lowest BCUT2D eigenvalue weighted by Crippen LogP contribution is -2.68. The van der Waals surface area contributed by atoms with Crippen LogP contribution in [0.4, 0.5) is 0 Å². The molecule has 1 aliphatic rings. The summed E-state index contributed by atoms with van der Waals surface area (Å²) < 4.78 is 5.25. The summed E-state index contributed by atoms with van der Waals surface area (Å²) in [6.45, 7) is 0.530. The third-order valence-electron chi connectivity index (χ3n) is 3.32. The summed E-state index contributed by atoms with van der Waals surface area (Å²) in [5.41, 5.74) is 5.24. The topological polar surface area (TPSA) is 191 Å². The van der Waals surface area contributed by atoms with Crippen LogP contribution in [0, 0.1) is 0 Å². The van der Waals surface area contributed by atoms with E-state index in [4.69, 9.17) is 20.7 Å². The van der Waals surface area contributed by atoms with Crippen molar-refractivity contribution in [2.24, 2.45) is 5.73 Å². The molecule has 0 aromatic carbocycles. The largest absolute Gasteiger partial charge is 0.480 e. The fraction of sp³-hybridized carbons (Fsp3) is 0.750. The molecule has 0 aliphatic carbocycles. The van der Waals surface area contributed by atoms with Gasteiger partial charge in [0.25, 0.3) is 0 Å². The standard InChI is InChI=1S/C12H21N3O8/c1-4(17)14-8-10(20)9(19)6(3-16)23-11(8)15-7(18)2-5(13)12(21)22/h5-6,8-11,16,19-20H,2-3,13H2,1H3,(H,14,17)(H,15,18)(H,21,22)/t5-,6-,8+,9-,10+,11-/m0/s1. The normalized spacial score (nSPS) is 32.0. The van der Waals surface area contributed by atoms with Crippen LogP contribution in [0.3, 0.4) is 0 Å². The summed E-state index contributed by atoms with van der Waals surface area (Å²) in [6, 6.07) is -2.61. The van der Waals surface area contributed by atoms with Gasteiger partial charge in [-0.25, -0.2) is 0 Å². The Morgan fingerprint density at radius 1 is 1.22 bits per heavy atom. The summed E-state index contributed by atoms with van der Waals surface area (Å²) in [4.78, 5) is 33.6. The number of hydrogen-bond donors (Lipinski definition) is 7. The maximum absolute atomic E-state index is 11.8. The van der Waals surface area contributed by atoms with Gasteiger partial charge in [0.1, 0.15) is 30.4 Å². The minimum absolute atomic E-state index is 0.547. The van der Waals surface area contributed by atoms with Crippen molar-refractivity contribution in [3.05, 3.63) is 0 Å². The molecule has 11 heteroatoms. The summed E-state index contributed by atoms with van der Waals surface area (Å²) >= 11 is 0. The minimum Gasteiger partial charge on any atom is -0.480 e. The smallest absolute Gasteiger partial charge is 0.321 e. The van der Waals surface area contributed by atoms with Crippen LogP contribution in [0.25, 0.3) is 0 Å². The highest BCUT2D eigenvalue weighted by molar-refractivity contribution is 5.84. The zero-order valence-electron chi connectivity index (χ0n) is 12.4. The highest BCUT2D eigenvalue weighted by atomic mass is 16.5. The summed E-state index contributed by atoms with van der Waals surface area (Å²) in [5, 5.41) is 42.2. The number of carboxylic acid groups (broad SMARTS) is 1. The first-order valence-corrected chi connectivity index (χ1v) is 6.84. The first kappa shape index (κ1) is 19.3. The molecule has 1 rings (SSSR count). The Bertz CT molecular complexity index is 460. The molecule has 0 spiro atoms. The van der Waals surface area contributed by atoms with E-state index in [1.165, 1.54) is 0 Å². The van der Waals surface area contributed by atoms with Crippen molar-refractivity contribution in [3.63, 3.8) is 0 Å². The lowest BCUT2D eigenvalue weighted by molar-refractivity contribution is -0.203. The van der Waals surface area contributed by atoms with Crippen molar-refractivity contribution in [3.8, 4) is 0 Å². The van der Waals surface area contributed by atoms with E-state index in [-0.39, 0.29) is 0 Å². The van der Waals surface area contributed by atoms with Gasteiger partial charge in [-0.2, -0.15) is 0 Å². The van der Waals surface area contributed by atoms with E-state index in [2.05, 4.69) is 10.6 Å². The number of ether oxygens (including phenoxy) is 1. The Morgan fingerprint density at radius 3 is 2.30 bits per heavy atom. The van der Waals surface area contributed by atoms with E-state index < -0.39 is 67.4 Å². The molecule has 23 heavy (non-hydrogen) atoms. The summed E-state index contributed by atoms with van der Waals surface area (Å²) in [6.07, 6.45) is -6.00. The number of nitrogens with one attached hydrogen (secondary N) is 2. The number of nitrogens with two attached hydrogens (primary N) is 1. The van der Waals surface area contributed by atoms with Crippen LogP contribution in [0.5, 0.6) is 0 Å². The second-order valence-corrected chi connectivity index (χ2v) is 5.20. The first-order chi connectivity index (χ1) is 10.7. The Morgan fingerprint density at radius 2 is 1.83 bits per heavy atom. The van der Waals surface area contributed by atoms with Gasteiger partial charge in [0, 0.05) is 6.92 Å². The molecule has 0 saturated carbocycles. The van der Waals surface area contributed by atoms with E-state index >= 15 is 0 Å².